The molecule has 5 nitrogen and oxygen atoms in total. The maximum absolute atomic E-state index is 10.7. The molecular weight excluding hydrogens is 198 g/mol. The van der Waals surface area contributed by atoms with Crippen LogP contribution in [0.25, 0.3) is 0 Å². The number of aliphatic hydroxyl groups excluding tert-OH is 1. The van der Waals surface area contributed by atoms with Crippen molar-refractivity contribution in [2.75, 3.05) is 13.7 Å². The van der Waals surface area contributed by atoms with E-state index in [9.17, 15) is 10.1 Å². The number of nitrogens with zero attached hydrogens (tertiary/aromatic N) is 1. The van der Waals surface area contributed by atoms with E-state index >= 15 is 0 Å². The van der Waals surface area contributed by atoms with Gasteiger partial charge in [0.2, 0.25) is 0 Å². The first-order valence-electron chi connectivity index (χ1n) is 4.36. The molecule has 0 aliphatic carbocycles. The van der Waals surface area contributed by atoms with Crippen LogP contribution >= 0.6 is 0 Å². The summed E-state index contributed by atoms with van der Waals surface area (Å²) in [5, 5.41) is 19.6. The first-order chi connectivity index (χ1) is 7.10. The molecule has 0 heterocycles. The van der Waals surface area contributed by atoms with E-state index in [2.05, 4.69) is 6.92 Å². The monoisotopic (exact) mass is 210 g/mol. The summed E-state index contributed by atoms with van der Waals surface area (Å²) in [6, 6.07) is 4.52. The number of aliphatic hydroxyl groups is 1. The van der Waals surface area contributed by atoms with E-state index in [0.717, 1.165) is 0 Å². The standard InChI is InChI=1S/C10H12NO4/c1-7(6-12)8-3-4-10(15-2)9(5-8)11(13)14/h3-5,7,12H,1,6H2,2H3. The maximum atomic E-state index is 10.7. The summed E-state index contributed by atoms with van der Waals surface area (Å²) < 4.78 is 4.85. The van der Waals surface area contributed by atoms with Crippen molar-refractivity contribution in [2.45, 2.75) is 5.92 Å². The van der Waals surface area contributed by atoms with Crippen LogP contribution in [0.4, 0.5) is 5.69 Å². The number of benzene rings is 1. The maximum Gasteiger partial charge on any atom is 0.311 e. The normalized spacial score (nSPS) is 12.2. The molecule has 15 heavy (non-hydrogen) atoms. The van der Waals surface area contributed by atoms with Gasteiger partial charge in [-0.1, -0.05) is 6.07 Å². The highest BCUT2D eigenvalue weighted by Gasteiger charge is 2.17. The van der Waals surface area contributed by atoms with Crippen LogP contribution in [0.5, 0.6) is 5.75 Å². The Bertz CT molecular complexity index is 364. The molecule has 5 heteroatoms. The molecule has 0 saturated heterocycles. The average molecular weight is 210 g/mol. The molecule has 0 amide bonds. The predicted molar refractivity (Wildman–Crippen MR) is 54.8 cm³/mol. The number of nitro groups is 1. The molecule has 0 aromatic heterocycles. The summed E-state index contributed by atoms with van der Waals surface area (Å²) in [4.78, 5) is 10.2. The number of nitro benzene ring substituents is 1. The van der Waals surface area contributed by atoms with E-state index < -0.39 is 4.92 Å². The van der Waals surface area contributed by atoms with Gasteiger partial charge in [0.05, 0.1) is 12.0 Å². The van der Waals surface area contributed by atoms with Gasteiger partial charge < -0.3 is 9.84 Å². The van der Waals surface area contributed by atoms with Crippen LogP contribution in [0.2, 0.25) is 0 Å². The van der Waals surface area contributed by atoms with Gasteiger partial charge in [0, 0.05) is 18.6 Å². The molecule has 1 aromatic rings. The van der Waals surface area contributed by atoms with E-state index in [1.54, 1.807) is 6.07 Å². The highest BCUT2D eigenvalue weighted by molar-refractivity contribution is 5.49. The lowest BCUT2D eigenvalue weighted by molar-refractivity contribution is -0.385. The average Bonchev–Trinajstić information content (AvgIpc) is 2.27. The van der Waals surface area contributed by atoms with Crippen LogP contribution in [-0.4, -0.2) is 23.7 Å². The Morgan fingerprint density at radius 3 is 2.80 bits per heavy atom. The topological polar surface area (TPSA) is 72.6 Å². The molecule has 0 fully saturated rings. The minimum Gasteiger partial charge on any atom is -0.490 e. The molecule has 1 rings (SSSR count). The second kappa shape index (κ2) is 4.75. The Balaban J connectivity index is 3.16. The van der Waals surface area contributed by atoms with Crippen molar-refractivity contribution < 1.29 is 14.8 Å². The number of methoxy groups -OCH3 is 1. The fourth-order valence-electron chi connectivity index (χ4n) is 1.21. The van der Waals surface area contributed by atoms with Crippen molar-refractivity contribution in [3.8, 4) is 5.75 Å². The summed E-state index contributed by atoms with van der Waals surface area (Å²) >= 11 is 0. The Hall–Kier alpha value is -1.62. The number of rotatable bonds is 4. The molecule has 0 bridgehead atoms. The van der Waals surface area contributed by atoms with E-state index in [1.165, 1.54) is 19.2 Å². The molecule has 1 radical (unpaired) electrons. The van der Waals surface area contributed by atoms with E-state index in [-0.39, 0.29) is 24.0 Å². The van der Waals surface area contributed by atoms with Gasteiger partial charge in [0.25, 0.3) is 0 Å². The van der Waals surface area contributed by atoms with Crippen molar-refractivity contribution in [1.29, 1.82) is 0 Å². The summed E-state index contributed by atoms with van der Waals surface area (Å²) in [7, 11) is 1.37. The van der Waals surface area contributed by atoms with Gasteiger partial charge in [0.1, 0.15) is 0 Å². The van der Waals surface area contributed by atoms with Crippen LogP contribution in [0.3, 0.4) is 0 Å². The summed E-state index contributed by atoms with van der Waals surface area (Å²) in [6.45, 7) is 3.52. The van der Waals surface area contributed by atoms with Gasteiger partial charge in [-0.05, 0) is 18.6 Å². The summed E-state index contributed by atoms with van der Waals surface area (Å²) in [5.74, 6) is -0.163. The summed E-state index contributed by atoms with van der Waals surface area (Å²) in [6.07, 6.45) is 0. The first-order valence-corrected chi connectivity index (χ1v) is 4.36. The third-order valence-corrected chi connectivity index (χ3v) is 2.09. The molecule has 1 aromatic carbocycles. The molecule has 0 saturated carbocycles. The van der Waals surface area contributed by atoms with Crippen molar-refractivity contribution >= 4 is 5.69 Å². The summed E-state index contributed by atoms with van der Waals surface area (Å²) in [5.41, 5.74) is 0.502. The molecule has 0 aliphatic rings. The minimum atomic E-state index is -0.521. The van der Waals surface area contributed by atoms with Crippen LogP contribution < -0.4 is 4.74 Å². The Morgan fingerprint density at radius 1 is 1.67 bits per heavy atom. The van der Waals surface area contributed by atoms with E-state index in [4.69, 9.17) is 9.84 Å². The third-order valence-electron chi connectivity index (χ3n) is 2.09. The zero-order chi connectivity index (χ0) is 11.4. The quantitative estimate of drug-likeness (QED) is 0.604. The minimum absolute atomic E-state index is 0.114. The zero-order valence-corrected chi connectivity index (χ0v) is 8.34. The largest absolute Gasteiger partial charge is 0.490 e. The highest BCUT2D eigenvalue weighted by Crippen LogP contribution is 2.29. The smallest absolute Gasteiger partial charge is 0.311 e. The van der Waals surface area contributed by atoms with Crippen molar-refractivity contribution in [3.63, 3.8) is 0 Å². The Morgan fingerprint density at radius 2 is 2.33 bits per heavy atom. The van der Waals surface area contributed by atoms with Gasteiger partial charge in [-0.25, -0.2) is 0 Å². The van der Waals surface area contributed by atoms with Crippen LogP contribution in [-0.2, 0) is 0 Å². The van der Waals surface area contributed by atoms with Crippen molar-refractivity contribution in [3.05, 3.63) is 40.8 Å². The van der Waals surface area contributed by atoms with Gasteiger partial charge in [-0.2, -0.15) is 0 Å². The molecule has 1 unspecified atom stereocenters. The first kappa shape index (κ1) is 11.5. The molecule has 0 aliphatic heterocycles. The zero-order valence-electron chi connectivity index (χ0n) is 8.34. The third kappa shape index (κ3) is 2.44. The van der Waals surface area contributed by atoms with Crippen LogP contribution in [0, 0.1) is 17.0 Å². The SMILES string of the molecule is [CH2]C(CO)c1ccc(OC)c([N+](=O)[O-])c1. The van der Waals surface area contributed by atoms with Gasteiger partial charge in [0.15, 0.2) is 5.75 Å². The Labute approximate surface area is 87.5 Å². The van der Waals surface area contributed by atoms with Crippen LogP contribution in [0.1, 0.15) is 11.5 Å². The van der Waals surface area contributed by atoms with Gasteiger partial charge in [-0.3, -0.25) is 10.1 Å². The number of ether oxygens (including phenoxy) is 1. The van der Waals surface area contributed by atoms with E-state index in [0.29, 0.717) is 5.56 Å². The molecule has 0 spiro atoms. The molecule has 81 valence electrons. The number of hydrogen-bond donors (Lipinski definition) is 1. The van der Waals surface area contributed by atoms with Crippen molar-refractivity contribution in [1.82, 2.24) is 0 Å². The van der Waals surface area contributed by atoms with Crippen molar-refractivity contribution in [2.24, 2.45) is 0 Å². The lowest BCUT2D eigenvalue weighted by Crippen LogP contribution is -2.01. The lowest BCUT2D eigenvalue weighted by atomic mass is 10.0. The lowest BCUT2D eigenvalue weighted by Gasteiger charge is -2.09. The predicted octanol–water partition coefficient (Wildman–Crippen LogP) is 1.51. The van der Waals surface area contributed by atoms with Crippen LogP contribution in [0.15, 0.2) is 18.2 Å². The second-order valence-corrected chi connectivity index (χ2v) is 3.07. The molecule has 1 atom stereocenters. The fraction of sp³-hybridized carbons (Fsp3) is 0.300. The second-order valence-electron chi connectivity index (χ2n) is 3.07. The molecule has 1 N–H and O–H groups in total. The van der Waals surface area contributed by atoms with Gasteiger partial charge >= 0.3 is 5.69 Å². The van der Waals surface area contributed by atoms with Gasteiger partial charge in [-0.15, -0.1) is 0 Å². The van der Waals surface area contributed by atoms with E-state index in [1.807, 2.05) is 0 Å². The molecular formula is C10H12NO4. The number of hydrogen-bond acceptors (Lipinski definition) is 4. The fourth-order valence-corrected chi connectivity index (χ4v) is 1.21. The highest BCUT2D eigenvalue weighted by atomic mass is 16.6. The Kier molecular flexibility index (Phi) is 3.62.